The van der Waals surface area contributed by atoms with E-state index in [4.69, 9.17) is 11.6 Å². The van der Waals surface area contributed by atoms with Crippen molar-refractivity contribution in [2.75, 3.05) is 18.9 Å². The van der Waals surface area contributed by atoms with Crippen molar-refractivity contribution < 1.29 is 4.79 Å². The number of carbonyl (C=O) groups excluding carboxylic acids is 1. The van der Waals surface area contributed by atoms with Gasteiger partial charge >= 0.3 is 6.03 Å². The first kappa shape index (κ1) is 14.4. The van der Waals surface area contributed by atoms with E-state index in [1.807, 2.05) is 18.2 Å². The predicted molar refractivity (Wildman–Crippen MR) is 83.2 cm³/mol. The Bertz CT molecular complexity index is 554. The van der Waals surface area contributed by atoms with E-state index < -0.39 is 0 Å². The fraction of sp³-hybridized carbons (Fsp3) is 0.188. The highest BCUT2D eigenvalue weighted by molar-refractivity contribution is 6.30. The molecule has 2 amide bonds. The van der Waals surface area contributed by atoms with Gasteiger partial charge in [-0.25, -0.2) is 4.79 Å². The third-order valence-corrected chi connectivity index (χ3v) is 3.27. The van der Waals surface area contributed by atoms with Gasteiger partial charge in [-0.2, -0.15) is 0 Å². The Morgan fingerprint density at radius 3 is 2.40 bits per heavy atom. The van der Waals surface area contributed by atoms with Gasteiger partial charge in [0.2, 0.25) is 0 Å². The first-order valence-corrected chi connectivity index (χ1v) is 6.84. The van der Waals surface area contributed by atoms with Gasteiger partial charge in [-0.3, -0.25) is 0 Å². The number of hydrogen-bond acceptors (Lipinski definition) is 1. The number of amides is 2. The Balaban J connectivity index is 1.84. The normalized spacial score (nSPS) is 10.1. The molecule has 0 unspecified atom stereocenters. The average Bonchev–Trinajstić information content (AvgIpc) is 2.48. The topological polar surface area (TPSA) is 32.3 Å². The van der Waals surface area contributed by atoms with E-state index in [2.05, 4.69) is 17.4 Å². The van der Waals surface area contributed by atoms with Gasteiger partial charge in [0.1, 0.15) is 0 Å². The number of anilines is 1. The van der Waals surface area contributed by atoms with Crippen LogP contribution in [0.3, 0.4) is 0 Å². The van der Waals surface area contributed by atoms with Crippen LogP contribution in [0.2, 0.25) is 5.02 Å². The summed E-state index contributed by atoms with van der Waals surface area (Å²) in [4.78, 5) is 13.7. The van der Waals surface area contributed by atoms with Crippen molar-refractivity contribution in [2.45, 2.75) is 6.42 Å². The van der Waals surface area contributed by atoms with Crippen molar-refractivity contribution in [3.8, 4) is 0 Å². The number of nitrogens with zero attached hydrogens (tertiary/aromatic N) is 1. The molecule has 0 heterocycles. The van der Waals surface area contributed by atoms with Gasteiger partial charge < -0.3 is 10.2 Å². The number of benzene rings is 2. The molecule has 0 spiro atoms. The van der Waals surface area contributed by atoms with Gasteiger partial charge in [-0.05, 0) is 36.2 Å². The molecule has 0 atom stereocenters. The third kappa shape index (κ3) is 4.28. The smallest absolute Gasteiger partial charge is 0.321 e. The van der Waals surface area contributed by atoms with Gasteiger partial charge in [-0.15, -0.1) is 0 Å². The zero-order valence-electron chi connectivity index (χ0n) is 11.3. The highest BCUT2D eigenvalue weighted by Gasteiger charge is 2.08. The molecule has 3 nitrogen and oxygen atoms in total. The molecule has 0 aromatic heterocycles. The zero-order chi connectivity index (χ0) is 14.4. The van der Waals surface area contributed by atoms with E-state index in [0.29, 0.717) is 11.6 Å². The van der Waals surface area contributed by atoms with Crippen LogP contribution in [0.4, 0.5) is 10.5 Å². The maximum atomic E-state index is 12.0. The molecule has 0 radical (unpaired) electrons. The molecule has 0 fully saturated rings. The lowest BCUT2D eigenvalue weighted by Gasteiger charge is -2.18. The summed E-state index contributed by atoms with van der Waals surface area (Å²) in [5, 5.41) is 3.49. The molecule has 20 heavy (non-hydrogen) atoms. The second-order valence-electron chi connectivity index (χ2n) is 4.59. The minimum Gasteiger partial charge on any atom is -0.327 e. The molecule has 4 heteroatoms. The van der Waals surface area contributed by atoms with Crippen LogP contribution in [-0.4, -0.2) is 24.5 Å². The summed E-state index contributed by atoms with van der Waals surface area (Å²) >= 11 is 5.81. The van der Waals surface area contributed by atoms with Gasteiger partial charge in [0.15, 0.2) is 0 Å². The first-order chi connectivity index (χ1) is 9.65. The van der Waals surface area contributed by atoms with Crippen molar-refractivity contribution in [2.24, 2.45) is 0 Å². The summed E-state index contributed by atoms with van der Waals surface area (Å²) in [6, 6.07) is 17.1. The van der Waals surface area contributed by atoms with E-state index in [9.17, 15) is 4.79 Å². The first-order valence-electron chi connectivity index (χ1n) is 6.47. The highest BCUT2D eigenvalue weighted by Crippen LogP contribution is 2.13. The minimum atomic E-state index is -0.122. The predicted octanol–water partition coefficient (Wildman–Crippen LogP) is 4.05. The Morgan fingerprint density at radius 2 is 1.75 bits per heavy atom. The number of hydrogen-bond donors (Lipinski definition) is 1. The van der Waals surface area contributed by atoms with Crippen LogP contribution in [0, 0.1) is 0 Å². The number of rotatable bonds is 4. The van der Waals surface area contributed by atoms with Crippen molar-refractivity contribution in [1.29, 1.82) is 0 Å². The Labute approximate surface area is 124 Å². The number of nitrogens with one attached hydrogen (secondary N) is 1. The Kier molecular flexibility index (Phi) is 5.02. The molecule has 2 aromatic rings. The van der Waals surface area contributed by atoms with Crippen molar-refractivity contribution in [3.63, 3.8) is 0 Å². The summed E-state index contributed by atoms with van der Waals surface area (Å²) in [6.45, 7) is 0.670. The lowest BCUT2D eigenvalue weighted by atomic mass is 10.1. The van der Waals surface area contributed by atoms with Crippen LogP contribution < -0.4 is 5.32 Å². The molecule has 0 aliphatic carbocycles. The second-order valence-corrected chi connectivity index (χ2v) is 5.03. The lowest BCUT2D eigenvalue weighted by molar-refractivity contribution is 0.223. The fourth-order valence-electron chi connectivity index (χ4n) is 1.80. The molecular formula is C16H17ClN2O. The van der Waals surface area contributed by atoms with Crippen LogP contribution >= 0.6 is 11.6 Å². The number of likely N-dealkylation sites (N-methyl/N-ethyl adjacent to an activating group) is 1. The molecule has 104 valence electrons. The third-order valence-electron chi connectivity index (χ3n) is 3.02. The number of urea groups is 1. The molecule has 2 rings (SSSR count). The van der Waals surface area contributed by atoms with E-state index in [1.54, 1.807) is 36.2 Å². The van der Waals surface area contributed by atoms with E-state index >= 15 is 0 Å². The number of carbonyl (C=O) groups is 1. The lowest BCUT2D eigenvalue weighted by Crippen LogP contribution is -2.32. The average molecular weight is 289 g/mol. The maximum Gasteiger partial charge on any atom is 0.321 e. The van der Waals surface area contributed by atoms with Crippen LogP contribution in [-0.2, 0) is 6.42 Å². The molecule has 0 saturated heterocycles. The molecule has 1 N–H and O–H groups in total. The van der Waals surface area contributed by atoms with Gasteiger partial charge in [0, 0.05) is 24.3 Å². The van der Waals surface area contributed by atoms with E-state index in [1.165, 1.54) is 5.56 Å². The molecule has 0 bridgehead atoms. The van der Waals surface area contributed by atoms with Crippen LogP contribution in [0.5, 0.6) is 0 Å². The van der Waals surface area contributed by atoms with Gasteiger partial charge in [-0.1, -0.05) is 41.9 Å². The van der Waals surface area contributed by atoms with Crippen LogP contribution in [0.15, 0.2) is 54.6 Å². The zero-order valence-corrected chi connectivity index (χ0v) is 12.1. The largest absolute Gasteiger partial charge is 0.327 e. The molecule has 0 aliphatic heterocycles. The van der Waals surface area contributed by atoms with E-state index in [-0.39, 0.29) is 6.03 Å². The minimum absolute atomic E-state index is 0.122. The Hall–Kier alpha value is -2.00. The van der Waals surface area contributed by atoms with Gasteiger partial charge in [0.25, 0.3) is 0 Å². The fourth-order valence-corrected chi connectivity index (χ4v) is 1.92. The molecule has 2 aromatic carbocycles. The van der Waals surface area contributed by atoms with Crippen LogP contribution in [0.25, 0.3) is 0 Å². The molecular weight excluding hydrogens is 272 g/mol. The van der Waals surface area contributed by atoms with Crippen molar-refractivity contribution >= 4 is 23.3 Å². The summed E-state index contributed by atoms with van der Waals surface area (Å²) < 4.78 is 0. The summed E-state index contributed by atoms with van der Waals surface area (Å²) in [7, 11) is 1.79. The molecule has 0 aliphatic rings. The summed E-state index contributed by atoms with van der Waals surface area (Å²) in [5.74, 6) is 0. The van der Waals surface area contributed by atoms with Gasteiger partial charge in [0.05, 0.1) is 0 Å². The highest BCUT2D eigenvalue weighted by atomic mass is 35.5. The number of halogens is 1. The van der Waals surface area contributed by atoms with Crippen molar-refractivity contribution in [3.05, 3.63) is 65.2 Å². The van der Waals surface area contributed by atoms with Crippen molar-refractivity contribution in [1.82, 2.24) is 4.90 Å². The van der Waals surface area contributed by atoms with Crippen LogP contribution in [0.1, 0.15) is 5.56 Å². The second kappa shape index (κ2) is 6.96. The monoisotopic (exact) mass is 288 g/mol. The Morgan fingerprint density at radius 1 is 1.10 bits per heavy atom. The maximum absolute atomic E-state index is 12.0. The molecule has 0 saturated carbocycles. The SMILES string of the molecule is CN(CCc1ccccc1)C(=O)Nc1ccc(Cl)cc1. The summed E-state index contributed by atoms with van der Waals surface area (Å²) in [5.41, 5.74) is 1.96. The quantitative estimate of drug-likeness (QED) is 0.904. The standard InChI is InChI=1S/C16H17ClN2O/c1-19(12-11-13-5-3-2-4-6-13)16(20)18-15-9-7-14(17)8-10-15/h2-10H,11-12H2,1H3,(H,18,20). The van der Waals surface area contributed by atoms with E-state index in [0.717, 1.165) is 12.1 Å². The summed E-state index contributed by atoms with van der Waals surface area (Å²) in [6.07, 6.45) is 0.839.